The van der Waals surface area contributed by atoms with Gasteiger partial charge >= 0.3 is 0 Å². The Bertz CT molecular complexity index is 408. The molecule has 0 spiro atoms. The van der Waals surface area contributed by atoms with Crippen LogP contribution in [0.1, 0.15) is 38.7 Å². The average molecular weight is 284 g/mol. The third kappa shape index (κ3) is 3.80. The zero-order chi connectivity index (χ0) is 13.7. The van der Waals surface area contributed by atoms with Crippen LogP contribution in [0.2, 0.25) is 5.15 Å². The van der Waals surface area contributed by atoms with E-state index >= 15 is 0 Å². The Kier molecular flexibility index (Phi) is 5.40. The molecule has 1 aromatic heterocycles. The number of hydrogen-bond acceptors (Lipinski definition) is 4. The zero-order valence-electron chi connectivity index (χ0n) is 11.7. The summed E-state index contributed by atoms with van der Waals surface area (Å²) in [5.74, 6) is 1.53. The van der Waals surface area contributed by atoms with Crippen molar-refractivity contribution in [3.63, 3.8) is 0 Å². The first-order valence-corrected chi connectivity index (χ1v) is 7.43. The van der Waals surface area contributed by atoms with E-state index in [2.05, 4.69) is 29.1 Å². The number of halogens is 1. The van der Waals surface area contributed by atoms with Crippen LogP contribution in [0.3, 0.4) is 0 Å². The number of nitrogens with zero attached hydrogens (tertiary/aromatic N) is 2. The van der Waals surface area contributed by atoms with E-state index in [0.717, 1.165) is 50.3 Å². The molecule has 5 heteroatoms. The third-order valence-electron chi connectivity index (χ3n) is 3.73. The molecule has 0 amide bonds. The van der Waals surface area contributed by atoms with Crippen LogP contribution in [0.25, 0.3) is 0 Å². The molecule has 106 valence electrons. The second-order valence-corrected chi connectivity index (χ2v) is 5.48. The molecule has 1 aliphatic heterocycles. The van der Waals surface area contributed by atoms with Crippen molar-refractivity contribution in [3.05, 3.63) is 17.0 Å². The Morgan fingerprint density at radius 1 is 1.42 bits per heavy atom. The maximum Gasteiger partial charge on any atom is 0.137 e. The lowest BCUT2D eigenvalue weighted by atomic mass is 9.93. The molecule has 2 heterocycles. The van der Waals surface area contributed by atoms with Gasteiger partial charge in [0.25, 0.3) is 0 Å². The molecule has 1 aliphatic rings. The van der Waals surface area contributed by atoms with E-state index in [0.29, 0.717) is 17.1 Å². The maximum atomic E-state index is 6.17. The van der Waals surface area contributed by atoms with Gasteiger partial charge in [-0.15, -0.1) is 0 Å². The zero-order valence-corrected chi connectivity index (χ0v) is 12.4. The fourth-order valence-corrected chi connectivity index (χ4v) is 2.76. The van der Waals surface area contributed by atoms with Gasteiger partial charge in [0.05, 0.1) is 0 Å². The highest BCUT2D eigenvalue weighted by Gasteiger charge is 2.21. The fraction of sp³-hybridized carbons (Fsp3) is 0.714. The number of anilines is 1. The summed E-state index contributed by atoms with van der Waals surface area (Å²) in [6.07, 6.45) is 5.68. The highest BCUT2D eigenvalue weighted by molar-refractivity contribution is 6.30. The largest absolute Gasteiger partial charge is 0.381 e. The molecule has 0 saturated carbocycles. The van der Waals surface area contributed by atoms with Crippen LogP contribution in [0.4, 0.5) is 5.82 Å². The summed E-state index contributed by atoms with van der Waals surface area (Å²) >= 11 is 6.17. The summed E-state index contributed by atoms with van der Waals surface area (Å²) in [5.41, 5.74) is 1.03. The van der Waals surface area contributed by atoms with Crippen molar-refractivity contribution in [2.75, 3.05) is 18.5 Å². The van der Waals surface area contributed by atoms with Crippen LogP contribution in [0, 0.1) is 5.92 Å². The standard InChI is InChI=1S/C14H22ClN3O/c1-3-4-12-13(15)16-9-17-14(12)18-10(2)11-5-7-19-8-6-11/h9-11H,3-8H2,1-2H3,(H,16,17,18). The third-order valence-corrected chi connectivity index (χ3v) is 4.06. The van der Waals surface area contributed by atoms with E-state index in [1.165, 1.54) is 6.33 Å². The van der Waals surface area contributed by atoms with Gasteiger partial charge in [0.1, 0.15) is 17.3 Å². The van der Waals surface area contributed by atoms with Gasteiger partial charge in [-0.05, 0) is 32.1 Å². The molecule has 1 N–H and O–H groups in total. The Balaban J connectivity index is 2.06. The van der Waals surface area contributed by atoms with E-state index in [1.54, 1.807) is 0 Å². The molecule has 0 bridgehead atoms. The van der Waals surface area contributed by atoms with E-state index in [4.69, 9.17) is 16.3 Å². The number of rotatable bonds is 5. The van der Waals surface area contributed by atoms with Crippen molar-refractivity contribution in [1.82, 2.24) is 9.97 Å². The van der Waals surface area contributed by atoms with Crippen molar-refractivity contribution in [2.24, 2.45) is 5.92 Å². The molecule has 0 aliphatic carbocycles. The molecule has 2 rings (SSSR count). The molecule has 1 aromatic rings. The normalized spacial score (nSPS) is 18.3. The molecular weight excluding hydrogens is 262 g/mol. The summed E-state index contributed by atoms with van der Waals surface area (Å²) in [6.45, 7) is 6.07. The van der Waals surface area contributed by atoms with Crippen molar-refractivity contribution >= 4 is 17.4 Å². The van der Waals surface area contributed by atoms with Gasteiger partial charge < -0.3 is 10.1 Å². The topological polar surface area (TPSA) is 47.0 Å². The fourth-order valence-electron chi connectivity index (χ4n) is 2.54. The van der Waals surface area contributed by atoms with Gasteiger partial charge in [-0.2, -0.15) is 0 Å². The summed E-state index contributed by atoms with van der Waals surface area (Å²) < 4.78 is 5.41. The minimum Gasteiger partial charge on any atom is -0.381 e. The van der Waals surface area contributed by atoms with E-state index in [9.17, 15) is 0 Å². The molecule has 4 nitrogen and oxygen atoms in total. The smallest absolute Gasteiger partial charge is 0.137 e. The van der Waals surface area contributed by atoms with Gasteiger partial charge in [-0.3, -0.25) is 0 Å². The molecular formula is C14H22ClN3O. The number of ether oxygens (including phenoxy) is 1. The first-order chi connectivity index (χ1) is 9.22. The van der Waals surface area contributed by atoms with Gasteiger partial charge in [0, 0.05) is 24.8 Å². The predicted molar refractivity (Wildman–Crippen MR) is 77.7 cm³/mol. The van der Waals surface area contributed by atoms with Crippen LogP contribution >= 0.6 is 11.6 Å². The molecule has 0 radical (unpaired) electrons. The second kappa shape index (κ2) is 7.06. The minimum atomic E-state index is 0.380. The molecule has 1 fully saturated rings. The van der Waals surface area contributed by atoms with Gasteiger partial charge in [-0.1, -0.05) is 24.9 Å². The van der Waals surface area contributed by atoms with Gasteiger partial charge in [0.15, 0.2) is 0 Å². The van der Waals surface area contributed by atoms with Crippen LogP contribution < -0.4 is 5.32 Å². The summed E-state index contributed by atoms with van der Waals surface area (Å²) in [4.78, 5) is 8.43. The Labute approximate surface area is 119 Å². The minimum absolute atomic E-state index is 0.380. The number of nitrogens with one attached hydrogen (secondary N) is 1. The van der Waals surface area contributed by atoms with Gasteiger partial charge in [0.2, 0.25) is 0 Å². The number of aromatic nitrogens is 2. The van der Waals surface area contributed by atoms with E-state index < -0.39 is 0 Å². The molecule has 1 atom stereocenters. The van der Waals surface area contributed by atoms with Crippen molar-refractivity contribution in [1.29, 1.82) is 0 Å². The van der Waals surface area contributed by atoms with Crippen LogP contribution in [-0.4, -0.2) is 29.2 Å². The number of hydrogen-bond donors (Lipinski definition) is 1. The quantitative estimate of drug-likeness (QED) is 0.842. The SMILES string of the molecule is CCCc1c(Cl)ncnc1NC(C)C1CCOCC1. The van der Waals surface area contributed by atoms with Gasteiger partial charge in [-0.25, -0.2) is 9.97 Å². The van der Waals surface area contributed by atoms with Crippen molar-refractivity contribution in [3.8, 4) is 0 Å². The Morgan fingerprint density at radius 3 is 2.84 bits per heavy atom. The lowest BCUT2D eigenvalue weighted by Crippen LogP contribution is -2.31. The van der Waals surface area contributed by atoms with E-state index in [-0.39, 0.29) is 0 Å². The highest BCUT2D eigenvalue weighted by Crippen LogP contribution is 2.25. The molecule has 1 saturated heterocycles. The maximum absolute atomic E-state index is 6.17. The monoisotopic (exact) mass is 283 g/mol. The Morgan fingerprint density at radius 2 is 2.16 bits per heavy atom. The van der Waals surface area contributed by atoms with Crippen molar-refractivity contribution < 1.29 is 4.74 Å². The molecule has 19 heavy (non-hydrogen) atoms. The van der Waals surface area contributed by atoms with Crippen molar-refractivity contribution in [2.45, 2.75) is 45.6 Å². The average Bonchev–Trinajstić information content (AvgIpc) is 2.43. The lowest BCUT2D eigenvalue weighted by molar-refractivity contribution is 0.0622. The van der Waals surface area contributed by atoms with Crippen LogP contribution in [-0.2, 0) is 11.2 Å². The summed E-state index contributed by atoms with van der Waals surface area (Å²) in [5, 5.41) is 4.08. The van der Waals surface area contributed by atoms with Crippen LogP contribution in [0.15, 0.2) is 6.33 Å². The summed E-state index contributed by atoms with van der Waals surface area (Å²) in [7, 11) is 0. The lowest BCUT2D eigenvalue weighted by Gasteiger charge is -2.29. The molecule has 0 aromatic carbocycles. The highest BCUT2D eigenvalue weighted by atomic mass is 35.5. The Hall–Kier alpha value is -0.870. The molecule has 1 unspecified atom stereocenters. The first kappa shape index (κ1) is 14.5. The first-order valence-electron chi connectivity index (χ1n) is 7.06. The van der Waals surface area contributed by atoms with Crippen LogP contribution in [0.5, 0.6) is 0 Å². The van der Waals surface area contributed by atoms with E-state index in [1.807, 2.05) is 0 Å². The second-order valence-electron chi connectivity index (χ2n) is 5.12. The predicted octanol–water partition coefficient (Wildman–Crippen LogP) is 3.31. The summed E-state index contributed by atoms with van der Waals surface area (Å²) in [6, 6.07) is 0.380.